The number of rotatable bonds is 5. The fraction of sp³-hybridized carbons (Fsp3) is 0.545. The van der Waals surface area contributed by atoms with Gasteiger partial charge in [0.05, 0.1) is 5.92 Å². The average Bonchev–Trinajstić information content (AvgIpc) is 2.31. The fourth-order valence-corrected chi connectivity index (χ4v) is 1.60. The second-order valence-electron chi connectivity index (χ2n) is 4.28. The van der Waals surface area contributed by atoms with Crippen molar-refractivity contribution in [1.82, 2.24) is 9.13 Å². The van der Waals surface area contributed by atoms with E-state index in [0.29, 0.717) is 6.54 Å². The van der Waals surface area contributed by atoms with Crippen LogP contribution in [-0.4, -0.2) is 15.0 Å². The quantitative estimate of drug-likeness (QED) is 0.710. The third-order valence-corrected chi connectivity index (χ3v) is 2.67. The van der Waals surface area contributed by atoms with Crippen LogP contribution in [0.4, 0.5) is 5.69 Å². The third-order valence-electron chi connectivity index (χ3n) is 2.67. The first-order valence-electron chi connectivity index (χ1n) is 5.77. The second-order valence-corrected chi connectivity index (χ2v) is 4.28. The van der Waals surface area contributed by atoms with Crippen molar-refractivity contribution in [2.24, 2.45) is 11.7 Å². The van der Waals surface area contributed by atoms with Gasteiger partial charge < -0.3 is 11.5 Å². The molecule has 7 nitrogen and oxygen atoms in total. The minimum atomic E-state index is -0.604. The summed E-state index contributed by atoms with van der Waals surface area (Å²) in [5.74, 6) is -1.17. The lowest BCUT2D eigenvalue weighted by Gasteiger charge is -2.13. The van der Waals surface area contributed by atoms with Gasteiger partial charge in [-0.25, -0.2) is 4.79 Å². The van der Waals surface area contributed by atoms with Gasteiger partial charge in [0, 0.05) is 19.3 Å². The molecule has 1 aromatic rings. The molecule has 1 unspecified atom stereocenters. The molecule has 100 valence electrons. The number of carbonyl (C=O) groups is 1. The van der Waals surface area contributed by atoms with E-state index in [-0.39, 0.29) is 12.2 Å². The molecule has 0 spiro atoms. The van der Waals surface area contributed by atoms with Crippen LogP contribution in [0.5, 0.6) is 0 Å². The number of anilines is 1. The smallest absolute Gasteiger partial charge is 0.331 e. The van der Waals surface area contributed by atoms with Crippen LogP contribution in [0.15, 0.2) is 15.8 Å². The number of amides is 1. The normalized spacial score (nSPS) is 12.3. The molecule has 18 heavy (non-hydrogen) atoms. The molecule has 0 aromatic carbocycles. The lowest BCUT2D eigenvalue weighted by atomic mass is 10.2. The van der Waals surface area contributed by atoms with Crippen LogP contribution in [0.1, 0.15) is 20.3 Å². The molecule has 1 amide bonds. The fourth-order valence-electron chi connectivity index (χ4n) is 1.60. The number of hydrogen-bond acceptors (Lipinski definition) is 4. The maximum Gasteiger partial charge on any atom is 0.331 e. The number of nitrogens with two attached hydrogens (primary N) is 2. The van der Waals surface area contributed by atoms with Gasteiger partial charge in [0.1, 0.15) is 5.69 Å². The summed E-state index contributed by atoms with van der Waals surface area (Å²) >= 11 is 0. The highest BCUT2D eigenvalue weighted by molar-refractivity contribution is 5.76. The third kappa shape index (κ3) is 2.79. The summed E-state index contributed by atoms with van der Waals surface area (Å²) in [7, 11) is 0. The molecule has 4 N–H and O–H groups in total. The zero-order valence-electron chi connectivity index (χ0n) is 10.5. The topological polar surface area (TPSA) is 113 Å². The van der Waals surface area contributed by atoms with E-state index in [9.17, 15) is 14.4 Å². The van der Waals surface area contributed by atoms with E-state index in [4.69, 9.17) is 11.5 Å². The first-order valence-corrected chi connectivity index (χ1v) is 5.77. The zero-order valence-corrected chi connectivity index (χ0v) is 10.5. The molecule has 0 aliphatic heterocycles. The van der Waals surface area contributed by atoms with Crippen molar-refractivity contribution >= 4 is 11.6 Å². The largest absolute Gasteiger partial charge is 0.393 e. The Bertz CT molecular complexity index is 558. The van der Waals surface area contributed by atoms with E-state index in [1.807, 2.05) is 6.92 Å². The maximum atomic E-state index is 12.0. The van der Waals surface area contributed by atoms with E-state index >= 15 is 0 Å². The summed E-state index contributed by atoms with van der Waals surface area (Å²) < 4.78 is 2.32. The molecule has 0 bridgehead atoms. The van der Waals surface area contributed by atoms with Gasteiger partial charge in [-0.15, -0.1) is 0 Å². The molecule has 0 aliphatic carbocycles. The molecule has 0 saturated heterocycles. The van der Waals surface area contributed by atoms with Crippen LogP contribution in [0, 0.1) is 5.92 Å². The molecule has 1 rings (SSSR count). The van der Waals surface area contributed by atoms with Crippen LogP contribution in [0.3, 0.4) is 0 Å². The Balaban J connectivity index is 3.29. The van der Waals surface area contributed by atoms with Gasteiger partial charge in [0.15, 0.2) is 0 Å². The Hall–Kier alpha value is -2.05. The minimum absolute atomic E-state index is 0.0141. The highest BCUT2D eigenvalue weighted by Gasteiger charge is 2.15. The Morgan fingerprint density at radius 1 is 1.44 bits per heavy atom. The van der Waals surface area contributed by atoms with Gasteiger partial charge in [0.25, 0.3) is 5.56 Å². The number of carbonyl (C=O) groups excluding carboxylic acids is 1. The predicted octanol–water partition coefficient (Wildman–Crippen LogP) is -0.876. The summed E-state index contributed by atoms with van der Waals surface area (Å²) in [5, 5.41) is 0. The first-order chi connectivity index (χ1) is 8.38. The number of aromatic nitrogens is 2. The van der Waals surface area contributed by atoms with E-state index in [0.717, 1.165) is 11.0 Å². The molecule has 1 heterocycles. The van der Waals surface area contributed by atoms with Crippen LogP contribution in [0.2, 0.25) is 0 Å². The number of nitrogen functional groups attached to an aromatic ring is 1. The van der Waals surface area contributed by atoms with E-state index in [1.54, 1.807) is 6.92 Å². The second kappa shape index (κ2) is 5.52. The van der Waals surface area contributed by atoms with Crippen molar-refractivity contribution < 1.29 is 4.79 Å². The summed E-state index contributed by atoms with van der Waals surface area (Å²) in [6, 6.07) is 0. The van der Waals surface area contributed by atoms with Crippen molar-refractivity contribution in [2.75, 3.05) is 5.73 Å². The Morgan fingerprint density at radius 3 is 2.56 bits per heavy atom. The van der Waals surface area contributed by atoms with Crippen molar-refractivity contribution in [1.29, 1.82) is 0 Å². The zero-order chi connectivity index (χ0) is 13.9. The Kier molecular flexibility index (Phi) is 4.30. The van der Waals surface area contributed by atoms with Gasteiger partial charge in [-0.3, -0.25) is 18.7 Å². The summed E-state index contributed by atoms with van der Waals surface area (Å²) in [6.07, 6.45) is 2.07. The van der Waals surface area contributed by atoms with Crippen molar-refractivity contribution in [2.45, 2.75) is 33.4 Å². The van der Waals surface area contributed by atoms with Crippen LogP contribution >= 0.6 is 0 Å². The van der Waals surface area contributed by atoms with E-state index < -0.39 is 23.1 Å². The summed E-state index contributed by atoms with van der Waals surface area (Å²) in [5.41, 5.74) is 9.62. The molecule has 0 saturated carbocycles. The number of primary amides is 1. The summed E-state index contributed by atoms with van der Waals surface area (Å²) in [6.45, 7) is 3.88. The SMILES string of the molecule is CCCn1cc(N)c(=O)n(CC(C)C(N)=O)c1=O. The summed E-state index contributed by atoms with van der Waals surface area (Å²) in [4.78, 5) is 34.8. The lowest BCUT2D eigenvalue weighted by Crippen LogP contribution is -2.43. The van der Waals surface area contributed by atoms with Crippen LogP contribution in [0.25, 0.3) is 0 Å². The van der Waals surface area contributed by atoms with Crippen LogP contribution < -0.4 is 22.7 Å². The average molecular weight is 254 g/mol. The van der Waals surface area contributed by atoms with Gasteiger partial charge in [-0.1, -0.05) is 13.8 Å². The van der Waals surface area contributed by atoms with Gasteiger partial charge >= 0.3 is 5.69 Å². The van der Waals surface area contributed by atoms with Crippen molar-refractivity contribution in [3.05, 3.63) is 27.0 Å². The predicted molar refractivity (Wildman–Crippen MR) is 68.0 cm³/mol. The molecule has 0 fully saturated rings. The highest BCUT2D eigenvalue weighted by atomic mass is 16.2. The molecule has 1 atom stereocenters. The number of nitrogens with zero attached hydrogens (tertiary/aromatic N) is 2. The van der Waals surface area contributed by atoms with Gasteiger partial charge in [0.2, 0.25) is 5.91 Å². The molecule has 1 aromatic heterocycles. The maximum absolute atomic E-state index is 12.0. The Labute approximate surface area is 104 Å². The van der Waals surface area contributed by atoms with Gasteiger partial charge in [-0.2, -0.15) is 0 Å². The van der Waals surface area contributed by atoms with E-state index in [2.05, 4.69) is 0 Å². The molecule has 0 aliphatic rings. The molecular formula is C11H18N4O3. The van der Waals surface area contributed by atoms with E-state index in [1.165, 1.54) is 10.8 Å². The van der Waals surface area contributed by atoms with Crippen molar-refractivity contribution in [3.8, 4) is 0 Å². The standard InChI is InChI=1S/C11H18N4O3/c1-3-4-14-6-8(12)10(17)15(11(14)18)5-7(2)9(13)16/h6-7H,3-5,12H2,1-2H3,(H2,13,16). The number of aryl methyl sites for hydroxylation is 1. The highest BCUT2D eigenvalue weighted by Crippen LogP contribution is 1.97. The number of hydrogen-bond donors (Lipinski definition) is 2. The van der Waals surface area contributed by atoms with Crippen LogP contribution in [-0.2, 0) is 17.9 Å². The molecule has 0 radical (unpaired) electrons. The van der Waals surface area contributed by atoms with Gasteiger partial charge in [-0.05, 0) is 6.42 Å². The lowest BCUT2D eigenvalue weighted by molar-refractivity contribution is -0.121. The minimum Gasteiger partial charge on any atom is -0.393 e. The Morgan fingerprint density at radius 2 is 2.06 bits per heavy atom. The monoisotopic (exact) mass is 254 g/mol. The van der Waals surface area contributed by atoms with Crippen molar-refractivity contribution in [3.63, 3.8) is 0 Å². The molecular weight excluding hydrogens is 236 g/mol. The first kappa shape index (κ1) is 14.0. The molecule has 7 heteroatoms.